The van der Waals surface area contributed by atoms with Crippen molar-refractivity contribution in [2.75, 3.05) is 19.3 Å². The van der Waals surface area contributed by atoms with E-state index in [2.05, 4.69) is 26.0 Å². The Labute approximate surface area is 113 Å². The lowest BCUT2D eigenvalue weighted by Crippen LogP contribution is -2.34. The van der Waals surface area contributed by atoms with Gasteiger partial charge in [-0.05, 0) is 18.2 Å². The van der Waals surface area contributed by atoms with E-state index < -0.39 is 21.7 Å². The average molecular weight is 339 g/mol. The summed E-state index contributed by atoms with van der Waals surface area (Å²) in [5.41, 5.74) is -0.0938. The van der Waals surface area contributed by atoms with Crippen LogP contribution in [0.4, 0.5) is 4.39 Å². The topological polar surface area (TPSA) is 75.3 Å². The van der Waals surface area contributed by atoms with Gasteiger partial charge in [0.15, 0.2) is 0 Å². The van der Waals surface area contributed by atoms with Crippen molar-refractivity contribution in [2.45, 2.75) is 0 Å². The van der Waals surface area contributed by atoms with Crippen LogP contribution in [0.5, 0.6) is 0 Å². The van der Waals surface area contributed by atoms with Crippen LogP contribution >= 0.6 is 15.9 Å². The Balaban J connectivity index is 2.53. The number of nitrogens with one attached hydrogen (secondary N) is 2. The Hall–Kier alpha value is -0.990. The average Bonchev–Trinajstić information content (AvgIpc) is 2.26. The van der Waals surface area contributed by atoms with E-state index in [-0.39, 0.29) is 18.7 Å². The van der Waals surface area contributed by atoms with Gasteiger partial charge in [-0.3, -0.25) is 4.79 Å². The first kappa shape index (κ1) is 15.1. The van der Waals surface area contributed by atoms with Gasteiger partial charge < -0.3 is 5.32 Å². The predicted octanol–water partition coefficient (Wildman–Crippen LogP) is 0.867. The molecule has 0 fully saturated rings. The minimum Gasteiger partial charge on any atom is -0.351 e. The molecule has 1 amide bonds. The molecule has 0 spiro atoms. The van der Waals surface area contributed by atoms with E-state index in [1.54, 1.807) is 0 Å². The molecule has 5 nitrogen and oxygen atoms in total. The Kier molecular flexibility index (Phi) is 5.24. The van der Waals surface area contributed by atoms with Crippen molar-refractivity contribution in [3.8, 4) is 0 Å². The molecule has 0 saturated heterocycles. The van der Waals surface area contributed by atoms with E-state index in [9.17, 15) is 17.6 Å². The smallest absolute Gasteiger partial charge is 0.254 e. The Morgan fingerprint density at radius 1 is 1.39 bits per heavy atom. The highest BCUT2D eigenvalue weighted by molar-refractivity contribution is 9.10. The standard InChI is InChI=1S/C10H12BrFN2O3S/c1-18(16,17)14-5-4-13-10(15)8-6-7(11)2-3-9(8)12/h2-3,6,14H,4-5H2,1H3,(H,13,15). The molecule has 0 aliphatic rings. The van der Waals surface area contributed by atoms with Crippen LogP contribution in [0.25, 0.3) is 0 Å². The molecule has 2 N–H and O–H groups in total. The van der Waals surface area contributed by atoms with Crippen LogP contribution in [0, 0.1) is 5.82 Å². The number of rotatable bonds is 5. The highest BCUT2D eigenvalue weighted by Crippen LogP contribution is 2.15. The van der Waals surface area contributed by atoms with Crippen molar-refractivity contribution in [1.82, 2.24) is 10.0 Å². The molecule has 8 heteroatoms. The number of carbonyl (C=O) groups excluding carboxylic acids is 1. The Bertz CT molecular complexity index is 548. The molecule has 0 saturated carbocycles. The second-order valence-electron chi connectivity index (χ2n) is 3.55. The molecule has 0 bridgehead atoms. The fourth-order valence-electron chi connectivity index (χ4n) is 1.18. The molecule has 1 rings (SSSR count). The maximum absolute atomic E-state index is 13.3. The number of hydrogen-bond donors (Lipinski definition) is 2. The normalized spacial score (nSPS) is 11.3. The summed E-state index contributed by atoms with van der Waals surface area (Å²) < 4.78 is 37.6. The summed E-state index contributed by atoms with van der Waals surface area (Å²) in [7, 11) is -3.28. The van der Waals surface area contributed by atoms with Crippen molar-refractivity contribution in [3.63, 3.8) is 0 Å². The molecule has 1 aromatic rings. The fourth-order valence-corrected chi connectivity index (χ4v) is 2.01. The van der Waals surface area contributed by atoms with Gasteiger partial charge in [0.25, 0.3) is 5.91 Å². The van der Waals surface area contributed by atoms with Crippen LogP contribution in [0.2, 0.25) is 0 Å². The molecule has 0 aliphatic carbocycles. The van der Waals surface area contributed by atoms with Gasteiger partial charge in [0, 0.05) is 17.6 Å². The van der Waals surface area contributed by atoms with Crippen LogP contribution in [-0.4, -0.2) is 33.7 Å². The number of carbonyl (C=O) groups is 1. The number of halogens is 2. The lowest BCUT2D eigenvalue weighted by atomic mass is 10.2. The molecular weight excluding hydrogens is 327 g/mol. The van der Waals surface area contributed by atoms with Crippen molar-refractivity contribution in [3.05, 3.63) is 34.1 Å². The molecule has 0 aromatic heterocycles. The van der Waals surface area contributed by atoms with Crippen molar-refractivity contribution in [1.29, 1.82) is 0 Å². The lowest BCUT2D eigenvalue weighted by molar-refractivity contribution is 0.0950. The Morgan fingerprint density at radius 2 is 2.06 bits per heavy atom. The molecule has 100 valence electrons. The minimum absolute atomic E-state index is 0.0557. The predicted molar refractivity (Wildman–Crippen MR) is 69.3 cm³/mol. The summed E-state index contributed by atoms with van der Waals surface area (Å²) in [6, 6.07) is 4.01. The molecule has 0 unspecified atom stereocenters. The summed E-state index contributed by atoms with van der Waals surface area (Å²) in [5, 5.41) is 2.41. The summed E-state index contributed by atoms with van der Waals surface area (Å²) >= 11 is 3.13. The first-order valence-electron chi connectivity index (χ1n) is 4.97. The summed E-state index contributed by atoms with van der Waals surface area (Å²) in [5.74, 6) is -1.23. The van der Waals surface area contributed by atoms with E-state index in [4.69, 9.17) is 0 Å². The summed E-state index contributed by atoms with van der Waals surface area (Å²) in [6.07, 6.45) is 1.02. The molecule has 0 radical (unpaired) electrons. The molecule has 0 atom stereocenters. The van der Waals surface area contributed by atoms with Gasteiger partial charge in [-0.15, -0.1) is 0 Å². The van der Waals surface area contributed by atoms with Gasteiger partial charge in [0.05, 0.1) is 11.8 Å². The van der Waals surface area contributed by atoms with Crippen LogP contribution < -0.4 is 10.0 Å². The first-order valence-corrected chi connectivity index (χ1v) is 7.66. The third kappa shape index (κ3) is 5.11. The second kappa shape index (κ2) is 6.26. The largest absolute Gasteiger partial charge is 0.351 e. The maximum Gasteiger partial charge on any atom is 0.254 e. The first-order chi connectivity index (χ1) is 8.29. The van der Waals surface area contributed by atoms with Gasteiger partial charge in [0.1, 0.15) is 5.82 Å². The van der Waals surface area contributed by atoms with Crippen molar-refractivity contribution >= 4 is 31.9 Å². The number of sulfonamides is 1. The SMILES string of the molecule is CS(=O)(=O)NCCNC(=O)c1cc(Br)ccc1F. The number of hydrogen-bond acceptors (Lipinski definition) is 3. The molecule has 1 aromatic carbocycles. The van der Waals surface area contributed by atoms with Crippen LogP contribution in [0.3, 0.4) is 0 Å². The lowest BCUT2D eigenvalue weighted by Gasteiger charge is -2.06. The second-order valence-corrected chi connectivity index (χ2v) is 6.30. The zero-order chi connectivity index (χ0) is 13.8. The van der Waals surface area contributed by atoms with Crippen molar-refractivity contribution in [2.24, 2.45) is 0 Å². The van der Waals surface area contributed by atoms with Crippen molar-refractivity contribution < 1.29 is 17.6 Å². The number of amides is 1. The van der Waals surface area contributed by atoms with E-state index in [1.807, 2.05) is 0 Å². The molecular formula is C10H12BrFN2O3S. The van der Waals surface area contributed by atoms with Gasteiger partial charge in [-0.25, -0.2) is 17.5 Å². The third-order valence-corrected chi connectivity index (χ3v) is 3.17. The fraction of sp³-hybridized carbons (Fsp3) is 0.300. The van der Waals surface area contributed by atoms with E-state index >= 15 is 0 Å². The zero-order valence-electron chi connectivity index (χ0n) is 9.54. The van der Waals surface area contributed by atoms with Crippen LogP contribution in [0.1, 0.15) is 10.4 Å². The quantitative estimate of drug-likeness (QED) is 0.782. The van der Waals surface area contributed by atoms with Crippen LogP contribution in [0.15, 0.2) is 22.7 Å². The van der Waals surface area contributed by atoms with Gasteiger partial charge in [-0.2, -0.15) is 0 Å². The minimum atomic E-state index is -3.28. The van der Waals surface area contributed by atoms with Crippen LogP contribution in [-0.2, 0) is 10.0 Å². The summed E-state index contributed by atoms with van der Waals surface area (Å²) in [6.45, 7) is 0.137. The summed E-state index contributed by atoms with van der Waals surface area (Å²) in [4.78, 5) is 11.6. The molecule has 0 aliphatic heterocycles. The van der Waals surface area contributed by atoms with Gasteiger partial charge in [-0.1, -0.05) is 15.9 Å². The van der Waals surface area contributed by atoms with Gasteiger partial charge >= 0.3 is 0 Å². The van der Waals surface area contributed by atoms with E-state index in [1.165, 1.54) is 18.2 Å². The van der Waals surface area contributed by atoms with E-state index in [0.29, 0.717) is 4.47 Å². The van der Waals surface area contributed by atoms with Gasteiger partial charge in [0.2, 0.25) is 10.0 Å². The maximum atomic E-state index is 13.3. The molecule has 0 heterocycles. The molecule has 18 heavy (non-hydrogen) atoms. The van der Waals surface area contributed by atoms with E-state index in [0.717, 1.165) is 6.26 Å². The zero-order valence-corrected chi connectivity index (χ0v) is 11.9. The third-order valence-electron chi connectivity index (χ3n) is 1.95. The Morgan fingerprint density at radius 3 is 2.67 bits per heavy atom. The number of benzene rings is 1. The highest BCUT2D eigenvalue weighted by Gasteiger charge is 2.11. The monoisotopic (exact) mass is 338 g/mol. The highest BCUT2D eigenvalue weighted by atomic mass is 79.9.